The topological polar surface area (TPSA) is 75.2 Å². The van der Waals surface area contributed by atoms with Crippen molar-refractivity contribution in [2.24, 2.45) is 0 Å². The summed E-state index contributed by atoms with van der Waals surface area (Å²) in [7, 11) is 3.29. The van der Waals surface area contributed by atoms with Crippen LogP contribution in [0.1, 0.15) is 43.8 Å². The molecule has 7 nitrogen and oxygen atoms in total. The molecule has 1 aliphatic rings. The van der Waals surface area contributed by atoms with E-state index in [4.69, 9.17) is 13.9 Å². The van der Waals surface area contributed by atoms with E-state index in [0.29, 0.717) is 29.2 Å². The van der Waals surface area contributed by atoms with E-state index in [-0.39, 0.29) is 0 Å². The van der Waals surface area contributed by atoms with Crippen molar-refractivity contribution in [2.45, 2.75) is 49.1 Å². The maximum atomic E-state index is 5.71. The van der Waals surface area contributed by atoms with Gasteiger partial charge in [-0.05, 0) is 43.2 Å². The smallest absolute Gasteiger partial charge is 0.226 e. The Kier molecular flexibility index (Phi) is 6.85. The summed E-state index contributed by atoms with van der Waals surface area (Å²) < 4.78 is 19.0. The van der Waals surface area contributed by atoms with Crippen LogP contribution in [-0.2, 0) is 5.75 Å². The second-order valence-electron chi connectivity index (χ2n) is 8.34. The van der Waals surface area contributed by atoms with Crippen LogP contribution in [0.15, 0.2) is 64.4 Å². The summed E-state index contributed by atoms with van der Waals surface area (Å²) in [6, 6.07) is 16.2. The van der Waals surface area contributed by atoms with Gasteiger partial charge in [0.05, 0.1) is 19.9 Å². The van der Waals surface area contributed by atoms with Crippen molar-refractivity contribution in [2.75, 3.05) is 14.2 Å². The van der Waals surface area contributed by atoms with Crippen molar-refractivity contribution in [1.29, 1.82) is 0 Å². The molecule has 1 fully saturated rings. The molecule has 2 aromatic carbocycles. The molecule has 0 spiro atoms. The van der Waals surface area contributed by atoms with E-state index >= 15 is 0 Å². The van der Waals surface area contributed by atoms with E-state index in [0.717, 1.165) is 40.6 Å². The van der Waals surface area contributed by atoms with Crippen LogP contribution in [0.25, 0.3) is 22.8 Å². The lowest BCUT2D eigenvalue weighted by Gasteiger charge is -2.25. The number of methoxy groups -OCH3 is 2. The standard InChI is InChI=1S/C26H28N4O3S/c1-31-22-14-13-19(15-23(22)32-2)24-28-29-26(30(24)21-11-7-4-8-12-21)34-17-20-16-33-25(27-20)18-9-5-3-6-10-18/h3,5-6,9-10,13-16,21H,4,7-8,11-12,17H2,1-2H3. The monoisotopic (exact) mass is 476 g/mol. The fraction of sp³-hybridized carbons (Fsp3) is 0.346. The summed E-state index contributed by atoms with van der Waals surface area (Å²) >= 11 is 1.65. The predicted octanol–water partition coefficient (Wildman–Crippen LogP) is 6.41. The number of oxazole rings is 1. The van der Waals surface area contributed by atoms with E-state index in [1.54, 1.807) is 32.2 Å². The van der Waals surface area contributed by atoms with Crippen LogP contribution in [-0.4, -0.2) is 34.0 Å². The molecule has 4 aromatic rings. The summed E-state index contributed by atoms with van der Waals surface area (Å²) in [6.07, 6.45) is 7.73. The highest BCUT2D eigenvalue weighted by atomic mass is 32.2. The Bertz CT molecular complexity index is 1230. The first-order valence-electron chi connectivity index (χ1n) is 11.6. The Morgan fingerprint density at radius 1 is 0.941 bits per heavy atom. The van der Waals surface area contributed by atoms with Gasteiger partial charge in [-0.25, -0.2) is 4.98 Å². The lowest BCUT2D eigenvalue weighted by Crippen LogP contribution is -2.15. The average Bonchev–Trinajstić information content (AvgIpc) is 3.55. The molecule has 0 aliphatic heterocycles. The Balaban J connectivity index is 1.42. The molecule has 1 aliphatic carbocycles. The molecule has 0 bridgehead atoms. The number of ether oxygens (including phenoxy) is 2. The molecular weight excluding hydrogens is 448 g/mol. The summed E-state index contributed by atoms with van der Waals surface area (Å²) in [5.74, 6) is 3.54. The number of hydrogen-bond acceptors (Lipinski definition) is 7. The number of benzene rings is 2. The van der Waals surface area contributed by atoms with Gasteiger partial charge in [-0.3, -0.25) is 4.57 Å². The highest BCUT2D eigenvalue weighted by molar-refractivity contribution is 7.98. The average molecular weight is 477 g/mol. The number of aromatic nitrogens is 4. The van der Waals surface area contributed by atoms with Crippen molar-refractivity contribution in [3.8, 4) is 34.3 Å². The first-order valence-corrected chi connectivity index (χ1v) is 12.6. The lowest BCUT2D eigenvalue weighted by molar-refractivity contribution is 0.339. The van der Waals surface area contributed by atoms with Gasteiger partial charge in [-0.1, -0.05) is 49.2 Å². The highest BCUT2D eigenvalue weighted by Gasteiger charge is 2.25. The molecule has 0 unspecified atom stereocenters. The van der Waals surface area contributed by atoms with Gasteiger partial charge in [0, 0.05) is 22.9 Å². The van der Waals surface area contributed by atoms with Crippen molar-refractivity contribution < 1.29 is 13.9 Å². The van der Waals surface area contributed by atoms with Gasteiger partial charge in [0.25, 0.3) is 0 Å². The van der Waals surface area contributed by atoms with Gasteiger partial charge in [-0.2, -0.15) is 0 Å². The minimum atomic E-state index is 0.381. The fourth-order valence-electron chi connectivity index (χ4n) is 4.44. The Labute approximate surface area is 203 Å². The second-order valence-corrected chi connectivity index (χ2v) is 9.28. The quantitative estimate of drug-likeness (QED) is 0.272. The van der Waals surface area contributed by atoms with E-state index < -0.39 is 0 Å². The zero-order valence-corrected chi connectivity index (χ0v) is 20.3. The van der Waals surface area contributed by atoms with Gasteiger partial charge in [-0.15, -0.1) is 10.2 Å². The molecule has 2 heterocycles. The van der Waals surface area contributed by atoms with Crippen LogP contribution in [0.4, 0.5) is 0 Å². The summed E-state index contributed by atoms with van der Waals surface area (Å²) in [4.78, 5) is 4.67. The molecule has 1 saturated carbocycles. The zero-order chi connectivity index (χ0) is 23.3. The molecule has 2 aromatic heterocycles. The maximum absolute atomic E-state index is 5.71. The van der Waals surface area contributed by atoms with Crippen LogP contribution < -0.4 is 9.47 Å². The predicted molar refractivity (Wildman–Crippen MR) is 132 cm³/mol. The minimum absolute atomic E-state index is 0.381. The summed E-state index contributed by atoms with van der Waals surface area (Å²) in [5, 5.41) is 10.1. The molecule has 0 atom stereocenters. The molecule has 5 rings (SSSR count). The lowest BCUT2D eigenvalue weighted by atomic mass is 9.95. The largest absolute Gasteiger partial charge is 0.493 e. The van der Waals surface area contributed by atoms with Crippen molar-refractivity contribution in [3.05, 3.63) is 60.5 Å². The molecule has 0 amide bonds. The summed E-state index contributed by atoms with van der Waals surface area (Å²) in [6.45, 7) is 0. The molecular formula is C26H28N4O3S. The number of rotatable bonds is 8. The van der Waals surface area contributed by atoms with Crippen molar-refractivity contribution >= 4 is 11.8 Å². The normalized spacial score (nSPS) is 14.3. The first-order chi connectivity index (χ1) is 16.8. The second kappa shape index (κ2) is 10.3. The fourth-order valence-corrected chi connectivity index (χ4v) is 5.32. The third-order valence-electron chi connectivity index (χ3n) is 6.17. The van der Waals surface area contributed by atoms with Crippen molar-refractivity contribution in [1.82, 2.24) is 19.7 Å². The van der Waals surface area contributed by atoms with Crippen LogP contribution >= 0.6 is 11.8 Å². The Hall–Kier alpha value is -3.26. The molecule has 176 valence electrons. The van der Waals surface area contributed by atoms with Crippen LogP contribution in [0.5, 0.6) is 11.5 Å². The van der Waals surface area contributed by atoms with Gasteiger partial charge in [0.1, 0.15) is 6.26 Å². The molecule has 0 radical (unpaired) electrons. The van der Waals surface area contributed by atoms with E-state index in [1.807, 2.05) is 48.5 Å². The SMILES string of the molecule is COc1ccc(-c2nnc(SCc3coc(-c4ccccc4)n3)n2C2CCCCC2)cc1OC. The molecule has 8 heteroatoms. The van der Waals surface area contributed by atoms with Crippen LogP contribution in [0, 0.1) is 0 Å². The Morgan fingerprint density at radius 3 is 2.50 bits per heavy atom. The minimum Gasteiger partial charge on any atom is -0.493 e. The molecule has 0 saturated heterocycles. The maximum Gasteiger partial charge on any atom is 0.226 e. The van der Waals surface area contributed by atoms with Crippen molar-refractivity contribution in [3.63, 3.8) is 0 Å². The van der Waals surface area contributed by atoms with Crippen LogP contribution in [0.3, 0.4) is 0 Å². The number of hydrogen-bond donors (Lipinski definition) is 0. The highest BCUT2D eigenvalue weighted by Crippen LogP contribution is 2.38. The van der Waals surface area contributed by atoms with Gasteiger partial charge in [0.2, 0.25) is 5.89 Å². The third-order valence-corrected chi connectivity index (χ3v) is 7.14. The first kappa shape index (κ1) is 22.5. The molecule has 0 N–H and O–H groups in total. The third kappa shape index (κ3) is 4.68. The van der Waals surface area contributed by atoms with E-state index in [1.165, 1.54) is 19.3 Å². The number of thioether (sulfide) groups is 1. The number of nitrogens with zero attached hydrogens (tertiary/aromatic N) is 4. The van der Waals surface area contributed by atoms with E-state index in [2.05, 4.69) is 19.7 Å². The van der Waals surface area contributed by atoms with Gasteiger partial charge >= 0.3 is 0 Å². The Morgan fingerprint density at radius 2 is 1.74 bits per heavy atom. The van der Waals surface area contributed by atoms with E-state index in [9.17, 15) is 0 Å². The summed E-state index contributed by atoms with van der Waals surface area (Å²) in [5.41, 5.74) is 2.82. The van der Waals surface area contributed by atoms with Gasteiger partial charge in [0.15, 0.2) is 22.5 Å². The zero-order valence-electron chi connectivity index (χ0n) is 19.4. The van der Waals surface area contributed by atoms with Crippen LogP contribution in [0.2, 0.25) is 0 Å². The molecule has 34 heavy (non-hydrogen) atoms. The van der Waals surface area contributed by atoms with Gasteiger partial charge < -0.3 is 13.9 Å².